The van der Waals surface area contributed by atoms with Crippen LogP contribution in [0, 0.1) is 0 Å². The molecule has 1 heterocycles. The molecule has 1 aromatic rings. The number of carbonyl (C=O) groups excluding carboxylic acids is 2. The Morgan fingerprint density at radius 1 is 1.12 bits per heavy atom. The number of hydrogen-bond acceptors (Lipinski definition) is 7. The summed E-state index contributed by atoms with van der Waals surface area (Å²) in [6.45, 7) is 0. The number of nitrogens with zero attached hydrogens (tertiary/aromatic N) is 4. The number of thiol groups is 1. The van der Waals surface area contributed by atoms with Gasteiger partial charge in [0.1, 0.15) is 5.03 Å². The van der Waals surface area contributed by atoms with Crippen LogP contribution in [-0.4, -0.2) is 22.0 Å². The number of hydrogen-bond donors (Lipinski definition) is 5. The van der Waals surface area contributed by atoms with E-state index in [-0.39, 0.29) is 16.8 Å². The van der Waals surface area contributed by atoms with Crippen molar-refractivity contribution in [3.63, 3.8) is 0 Å². The maximum Gasteiger partial charge on any atom is 0.336 e. The van der Waals surface area contributed by atoms with E-state index in [9.17, 15) is 9.59 Å². The Morgan fingerprint density at radius 3 is 2.12 bits per heavy atom. The van der Waals surface area contributed by atoms with Crippen LogP contribution in [-0.2, 0) is 0 Å². The lowest BCUT2D eigenvalue weighted by Crippen LogP contribution is -2.44. The summed E-state index contributed by atoms with van der Waals surface area (Å²) in [4.78, 5) is 29.1. The number of rotatable bonds is 2. The Bertz CT molecular complexity index is 427. The average molecular weight is 258 g/mol. The second kappa shape index (κ2) is 4.82. The molecule has 92 valence electrons. The van der Waals surface area contributed by atoms with Crippen LogP contribution in [0.5, 0.6) is 0 Å². The molecule has 0 spiro atoms. The minimum atomic E-state index is -0.988. The molecule has 17 heavy (non-hydrogen) atoms. The van der Waals surface area contributed by atoms with Gasteiger partial charge in [-0.15, -0.1) is 12.6 Å². The van der Waals surface area contributed by atoms with Gasteiger partial charge in [-0.2, -0.15) is 9.99 Å². The van der Waals surface area contributed by atoms with Crippen LogP contribution >= 0.6 is 12.6 Å². The third kappa shape index (κ3) is 2.93. The van der Waals surface area contributed by atoms with Crippen molar-refractivity contribution in [3.8, 4) is 0 Å². The summed E-state index contributed by atoms with van der Waals surface area (Å²) >= 11 is 3.93. The fraction of sp³-hybridized carbons (Fsp3) is 0. The molecule has 1 aromatic heterocycles. The summed E-state index contributed by atoms with van der Waals surface area (Å²) < 4.78 is 0. The van der Waals surface area contributed by atoms with Gasteiger partial charge in [-0.1, -0.05) is 0 Å². The largest absolute Gasteiger partial charge is 0.350 e. The fourth-order valence-corrected chi connectivity index (χ4v) is 1.06. The molecular weight excluding hydrogens is 248 g/mol. The first kappa shape index (κ1) is 13.0. The molecule has 0 fully saturated rings. The molecule has 10 nitrogen and oxygen atoms in total. The van der Waals surface area contributed by atoms with Crippen LogP contribution < -0.4 is 33.2 Å². The molecule has 0 aliphatic heterocycles. The van der Waals surface area contributed by atoms with Gasteiger partial charge in [-0.25, -0.2) is 31.3 Å². The molecule has 11 heteroatoms. The number of aromatic nitrogens is 2. The van der Waals surface area contributed by atoms with Gasteiger partial charge in [-0.05, 0) is 0 Å². The molecule has 4 amide bonds. The Kier molecular flexibility index (Phi) is 3.67. The van der Waals surface area contributed by atoms with Crippen molar-refractivity contribution < 1.29 is 9.59 Å². The summed E-state index contributed by atoms with van der Waals surface area (Å²) in [6, 6.07) is -0.686. The summed E-state index contributed by atoms with van der Waals surface area (Å²) in [5.74, 6) is 10.2. The van der Waals surface area contributed by atoms with E-state index in [1.165, 1.54) is 6.07 Å². The van der Waals surface area contributed by atoms with E-state index in [1.807, 2.05) is 0 Å². The third-order valence-corrected chi connectivity index (χ3v) is 1.85. The van der Waals surface area contributed by atoms with Crippen molar-refractivity contribution in [2.45, 2.75) is 5.03 Å². The lowest BCUT2D eigenvalue weighted by atomic mass is 10.5. The molecule has 0 saturated heterocycles. The van der Waals surface area contributed by atoms with Gasteiger partial charge in [0.2, 0.25) is 0 Å². The zero-order valence-corrected chi connectivity index (χ0v) is 9.33. The lowest BCUT2D eigenvalue weighted by molar-refractivity contribution is 0.253. The molecule has 0 atom stereocenters. The second-order valence-corrected chi connectivity index (χ2v) is 3.26. The normalized spacial score (nSPS) is 9.82. The Morgan fingerprint density at radius 2 is 1.65 bits per heavy atom. The van der Waals surface area contributed by atoms with Crippen molar-refractivity contribution in [1.29, 1.82) is 0 Å². The molecule has 0 unspecified atom stereocenters. The predicted octanol–water partition coefficient (Wildman–Crippen LogP) is -1.72. The van der Waals surface area contributed by atoms with Crippen LogP contribution in [0.4, 0.5) is 21.4 Å². The topological polar surface area (TPSA) is 170 Å². The van der Waals surface area contributed by atoms with Gasteiger partial charge in [0.25, 0.3) is 5.95 Å². The highest BCUT2D eigenvalue weighted by molar-refractivity contribution is 7.80. The van der Waals surface area contributed by atoms with Crippen LogP contribution in [0.15, 0.2) is 11.1 Å². The molecule has 8 N–H and O–H groups in total. The third-order valence-electron chi connectivity index (χ3n) is 1.62. The van der Waals surface area contributed by atoms with Gasteiger partial charge < -0.3 is 11.5 Å². The zero-order chi connectivity index (χ0) is 13.2. The highest BCUT2D eigenvalue weighted by Crippen LogP contribution is 2.16. The monoisotopic (exact) mass is 258 g/mol. The molecule has 0 aliphatic carbocycles. The van der Waals surface area contributed by atoms with Gasteiger partial charge in [0, 0.05) is 6.07 Å². The molecule has 0 aliphatic rings. The van der Waals surface area contributed by atoms with Crippen LogP contribution in [0.3, 0.4) is 0 Å². The highest BCUT2D eigenvalue weighted by atomic mass is 32.1. The maximum atomic E-state index is 10.8. The van der Waals surface area contributed by atoms with E-state index in [0.29, 0.717) is 10.0 Å². The lowest BCUT2D eigenvalue weighted by Gasteiger charge is -2.16. The van der Waals surface area contributed by atoms with E-state index in [1.54, 1.807) is 0 Å². The summed E-state index contributed by atoms with van der Waals surface area (Å²) in [5.41, 5.74) is 9.87. The number of anilines is 2. The maximum absolute atomic E-state index is 10.8. The first-order valence-electron chi connectivity index (χ1n) is 4.09. The average Bonchev–Trinajstić information content (AvgIpc) is 2.25. The molecule has 0 bridgehead atoms. The SMILES string of the molecule is NC(=O)N(N)c1cc(S)nc(N(N)C(N)=O)n1. The number of urea groups is 2. The Hall–Kier alpha value is -2.11. The molecule has 1 rings (SSSR count). The van der Waals surface area contributed by atoms with Gasteiger partial charge >= 0.3 is 12.1 Å². The van der Waals surface area contributed by atoms with Crippen LogP contribution in [0.2, 0.25) is 0 Å². The molecule has 0 aromatic carbocycles. The summed E-state index contributed by atoms with van der Waals surface area (Å²) in [5, 5.41) is 1.14. The van der Waals surface area contributed by atoms with E-state index >= 15 is 0 Å². The fourth-order valence-electron chi connectivity index (χ4n) is 0.853. The summed E-state index contributed by atoms with van der Waals surface area (Å²) in [7, 11) is 0. The summed E-state index contributed by atoms with van der Waals surface area (Å²) in [6.07, 6.45) is 0. The van der Waals surface area contributed by atoms with E-state index in [2.05, 4.69) is 22.6 Å². The van der Waals surface area contributed by atoms with Gasteiger partial charge in [0.05, 0.1) is 0 Å². The standard InChI is InChI=1S/C6H10N8O2S/c7-4(15)13(9)2-1-3(17)12-6(11-2)14(10)5(8)16/h1H,9-10H2,(H2,7,15)(H2,8,16)(H,11,12,17). The van der Waals surface area contributed by atoms with Crippen molar-refractivity contribution in [2.24, 2.45) is 23.2 Å². The number of primary amides is 2. The quantitative estimate of drug-likeness (QED) is 0.139. The number of carbonyl (C=O) groups is 2. The first-order valence-corrected chi connectivity index (χ1v) is 4.54. The first-order chi connectivity index (χ1) is 7.82. The smallest absolute Gasteiger partial charge is 0.336 e. The number of hydrazine groups is 2. The van der Waals surface area contributed by atoms with E-state index in [4.69, 9.17) is 23.2 Å². The van der Waals surface area contributed by atoms with Gasteiger partial charge in [-0.3, -0.25) is 0 Å². The minimum absolute atomic E-state index is 0.0794. The van der Waals surface area contributed by atoms with Gasteiger partial charge in [0.15, 0.2) is 5.82 Å². The van der Waals surface area contributed by atoms with E-state index in [0.717, 1.165) is 0 Å². The molecule has 0 saturated carbocycles. The Labute approximate surface area is 101 Å². The highest BCUT2D eigenvalue weighted by Gasteiger charge is 2.16. The number of nitrogens with two attached hydrogens (primary N) is 4. The van der Waals surface area contributed by atoms with Crippen molar-refractivity contribution in [1.82, 2.24) is 9.97 Å². The molecular formula is C6H10N8O2S. The zero-order valence-electron chi connectivity index (χ0n) is 8.44. The van der Waals surface area contributed by atoms with Crippen molar-refractivity contribution in [3.05, 3.63) is 6.07 Å². The number of amides is 4. The van der Waals surface area contributed by atoms with Crippen LogP contribution in [0.1, 0.15) is 0 Å². The van der Waals surface area contributed by atoms with E-state index < -0.39 is 12.1 Å². The minimum Gasteiger partial charge on any atom is -0.350 e. The van der Waals surface area contributed by atoms with Crippen molar-refractivity contribution >= 4 is 36.5 Å². The molecule has 0 radical (unpaired) electrons. The second-order valence-electron chi connectivity index (χ2n) is 2.80. The van der Waals surface area contributed by atoms with Crippen molar-refractivity contribution in [2.75, 3.05) is 10.0 Å². The Balaban J connectivity index is 3.19. The predicted molar refractivity (Wildman–Crippen MR) is 61.8 cm³/mol. The van der Waals surface area contributed by atoms with Crippen LogP contribution in [0.25, 0.3) is 0 Å².